The predicted octanol–water partition coefficient (Wildman–Crippen LogP) is 3.49. The molecule has 0 bridgehead atoms. The molecule has 1 atom stereocenters. The molecule has 0 aliphatic rings. The van der Waals surface area contributed by atoms with E-state index in [1.54, 1.807) is 4.68 Å². The maximum Gasteiger partial charge on any atom is 0.407 e. The first-order valence-corrected chi connectivity index (χ1v) is 17.1. The maximum atomic E-state index is 12.1. The Morgan fingerprint density at radius 3 is 2.36 bits per heavy atom. The Balaban J connectivity index is 1.61. The number of amides is 1. The van der Waals surface area contributed by atoms with Crippen LogP contribution in [0.2, 0.25) is 0 Å². The van der Waals surface area contributed by atoms with Crippen LogP contribution >= 0.6 is 11.6 Å². The highest BCUT2D eigenvalue weighted by molar-refractivity contribution is 6.17. The topological polar surface area (TPSA) is 147 Å². The molecular formula is C33H55ClN6O7. The summed E-state index contributed by atoms with van der Waals surface area (Å²) in [6, 6.07) is 9.75. The van der Waals surface area contributed by atoms with Crippen molar-refractivity contribution in [2.75, 3.05) is 72.3 Å². The Morgan fingerprint density at radius 1 is 0.936 bits per heavy atom. The van der Waals surface area contributed by atoms with E-state index in [1.807, 2.05) is 50.4 Å². The summed E-state index contributed by atoms with van der Waals surface area (Å²) in [5.41, 5.74) is 1.12. The van der Waals surface area contributed by atoms with Crippen LogP contribution in [0.3, 0.4) is 0 Å². The molecule has 1 aromatic carbocycles. The second-order valence-electron chi connectivity index (χ2n) is 11.6. The number of alkyl carbamates (subject to hydrolysis) is 1. The first-order chi connectivity index (χ1) is 22.8. The zero-order valence-electron chi connectivity index (χ0n) is 28.3. The normalized spacial score (nSPS) is 12.2. The second kappa shape index (κ2) is 25.2. The lowest BCUT2D eigenvalue weighted by Gasteiger charge is -2.27. The van der Waals surface area contributed by atoms with Crippen LogP contribution in [0.25, 0.3) is 0 Å². The number of ether oxygens (including phenoxy) is 5. The van der Waals surface area contributed by atoms with E-state index in [9.17, 15) is 9.59 Å². The fraction of sp³-hybridized carbons (Fsp3) is 0.697. The molecule has 14 heteroatoms. The van der Waals surface area contributed by atoms with Gasteiger partial charge in [0.2, 0.25) is 0 Å². The molecule has 3 N–H and O–H groups in total. The molecule has 2 aromatic rings. The van der Waals surface area contributed by atoms with Gasteiger partial charge in [-0.2, -0.15) is 0 Å². The third-order valence-electron chi connectivity index (χ3n) is 7.26. The molecule has 0 saturated heterocycles. The average Bonchev–Trinajstić information content (AvgIpc) is 3.53. The van der Waals surface area contributed by atoms with E-state index in [2.05, 4.69) is 26.3 Å². The molecule has 0 spiro atoms. The highest BCUT2D eigenvalue weighted by Crippen LogP contribution is 2.08. The summed E-state index contributed by atoms with van der Waals surface area (Å²) in [6.07, 6.45) is 6.94. The number of nitrogens with one attached hydrogen (secondary N) is 3. The van der Waals surface area contributed by atoms with Crippen LogP contribution < -0.4 is 16.0 Å². The SMILES string of the molecule is COC(=O)C(C)(C)NC[C@H](CCCCNC(=O)OCc1ccccc1)NCCCCc1cn(CCOCCOCCOCCCl)nn1. The van der Waals surface area contributed by atoms with E-state index in [-0.39, 0.29) is 18.6 Å². The third kappa shape index (κ3) is 19.6. The predicted molar refractivity (Wildman–Crippen MR) is 181 cm³/mol. The van der Waals surface area contributed by atoms with Gasteiger partial charge in [-0.05, 0) is 58.1 Å². The van der Waals surface area contributed by atoms with Gasteiger partial charge in [0.15, 0.2) is 0 Å². The fourth-order valence-electron chi connectivity index (χ4n) is 4.52. The average molecular weight is 683 g/mol. The van der Waals surface area contributed by atoms with Gasteiger partial charge in [-0.3, -0.25) is 4.79 Å². The molecule has 1 amide bonds. The number of alkyl halides is 1. The van der Waals surface area contributed by atoms with Crippen LogP contribution in [0.15, 0.2) is 36.5 Å². The summed E-state index contributed by atoms with van der Waals surface area (Å²) in [4.78, 5) is 24.2. The largest absolute Gasteiger partial charge is 0.468 e. The summed E-state index contributed by atoms with van der Waals surface area (Å²) in [7, 11) is 1.40. The van der Waals surface area contributed by atoms with Crippen molar-refractivity contribution < 1.29 is 33.3 Å². The van der Waals surface area contributed by atoms with E-state index in [0.717, 1.165) is 56.3 Å². The number of benzene rings is 1. The Bertz CT molecular complexity index is 1090. The van der Waals surface area contributed by atoms with Crippen molar-refractivity contribution in [3.05, 3.63) is 47.8 Å². The highest BCUT2D eigenvalue weighted by atomic mass is 35.5. The van der Waals surface area contributed by atoms with E-state index in [1.165, 1.54) is 7.11 Å². The first-order valence-electron chi connectivity index (χ1n) is 16.5. The number of halogens is 1. The molecule has 47 heavy (non-hydrogen) atoms. The van der Waals surface area contributed by atoms with Crippen LogP contribution in [-0.2, 0) is 48.1 Å². The van der Waals surface area contributed by atoms with Crippen molar-refractivity contribution in [3.63, 3.8) is 0 Å². The Hall–Kier alpha value is -2.81. The molecule has 0 saturated carbocycles. The number of carbonyl (C=O) groups excluding carboxylic acids is 2. The van der Waals surface area contributed by atoms with Gasteiger partial charge in [0, 0.05) is 31.2 Å². The number of hydrogen-bond donors (Lipinski definition) is 3. The number of rotatable bonds is 28. The lowest BCUT2D eigenvalue weighted by molar-refractivity contribution is -0.147. The molecule has 0 aliphatic carbocycles. The van der Waals surface area contributed by atoms with Crippen molar-refractivity contribution >= 4 is 23.7 Å². The molecule has 2 rings (SSSR count). The number of aryl methyl sites for hydroxylation is 1. The quantitative estimate of drug-likeness (QED) is 0.0689. The van der Waals surface area contributed by atoms with E-state index in [4.69, 9.17) is 35.3 Å². The van der Waals surface area contributed by atoms with E-state index >= 15 is 0 Å². The van der Waals surface area contributed by atoms with Crippen LogP contribution in [0, 0.1) is 0 Å². The summed E-state index contributed by atoms with van der Waals surface area (Å²) >= 11 is 5.55. The molecular weight excluding hydrogens is 628 g/mol. The maximum absolute atomic E-state index is 12.1. The van der Waals surface area contributed by atoms with Gasteiger partial charge in [0.25, 0.3) is 0 Å². The molecule has 0 unspecified atom stereocenters. The number of hydrogen-bond acceptors (Lipinski definition) is 11. The first kappa shape index (κ1) is 40.4. The zero-order valence-corrected chi connectivity index (χ0v) is 29.1. The minimum atomic E-state index is -0.789. The van der Waals surface area contributed by atoms with Crippen LogP contribution in [0.1, 0.15) is 57.2 Å². The fourth-order valence-corrected chi connectivity index (χ4v) is 4.63. The number of esters is 1. The Kier molecular flexibility index (Phi) is 21.7. The van der Waals surface area contributed by atoms with Gasteiger partial charge in [0.05, 0.1) is 59.0 Å². The second-order valence-corrected chi connectivity index (χ2v) is 12.0. The zero-order chi connectivity index (χ0) is 34.0. The standard InChI is InChI=1S/C33H55ClN6O7/c1-33(2,31(41)43-3)37-25-29(13-7-10-17-36-32(42)47-27-28-11-5-4-6-12-28)35-16-9-8-14-30-26-40(39-38-30)18-20-45-22-24-46-23-21-44-19-15-34/h4-6,11-12,26,29,35,37H,7-10,13-25,27H2,1-3H3,(H,36,42)/t29-/m0/s1. The number of aromatic nitrogens is 3. The van der Waals surface area contributed by atoms with Crippen molar-refractivity contribution in [1.29, 1.82) is 0 Å². The van der Waals surface area contributed by atoms with Gasteiger partial charge in [-0.15, -0.1) is 16.7 Å². The van der Waals surface area contributed by atoms with Gasteiger partial charge in [-0.25, -0.2) is 9.48 Å². The van der Waals surface area contributed by atoms with Crippen LogP contribution in [0.4, 0.5) is 4.79 Å². The van der Waals surface area contributed by atoms with Crippen LogP contribution in [-0.4, -0.2) is 111 Å². The molecule has 266 valence electrons. The number of unbranched alkanes of at least 4 members (excludes halogenated alkanes) is 2. The monoisotopic (exact) mass is 682 g/mol. The molecule has 1 aromatic heterocycles. The smallest absolute Gasteiger partial charge is 0.407 e. The third-order valence-corrected chi connectivity index (χ3v) is 7.41. The molecule has 0 fully saturated rings. The lowest BCUT2D eigenvalue weighted by Crippen LogP contribution is -2.52. The summed E-state index contributed by atoms with van der Waals surface area (Å²) < 4.78 is 28.3. The lowest BCUT2D eigenvalue weighted by atomic mass is 10.0. The summed E-state index contributed by atoms with van der Waals surface area (Å²) in [5, 5.41) is 18.3. The van der Waals surface area contributed by atoms with Crippen molar-refractivity contribution in [1.82, 2.24) is 30.9 Å². The van der Waals surface area contributed by atoms with E-state index < -0.39 is 11.6 Å². The molecule has 0 radical (unpaired) electrons. The minimum Gasteiger partial charge on any atom is -0.468 e. The van der Waals surface area contributed by atoms with Gasteiger partial charge in [0.1, 0.15) is 12.1 Å². The molecule has 0 aliphatic heterocycles. The van der Waals surface area contributed by atoms with Crippen molar-refractivity contribution in [2.24, 2.45) is 0 Å². The van der Waals surface area contributed by atoms with E-state index in [0.29, 0.717) is 65.2 Å². The van der Waals surface area contributed by atoms with Crippen molar-refractivity contribution in [2.45, 2.75) is 77.1 Å². The molecule has 13 nitrogen and oxygen atoms in total. The van der Waals surface area contributed by atoms with Crippen LogP contribution in [0.5, 0.6) is 0 Å². The van der Waals surface area contributed by atoms with Gasteiger partial charge < -0.3 is 39.6 Å². The number of methoxy groups -OCH3 is 1. The molecule has 1 heterocycles. The highest BCUT2D eigenvalue weighted by Gasteiger charge is 2.28. The minimum absolute atomic E-state index is 0.152. The Morgan fingerprint density at radius 2 is 1.64 bits per heavy atom. The van der Waals surface area contributed by atoms with Crippen molar-refractivity contribution in [3.8, 4) is 0 Å². The number of carbonyl (C=O) groups is 2. The summed E-state index contributed by atoms with van der Waals surface area (Å²) in [5.74, 6) is 0.185. The number of nitrogens with zero attached hydrogens (tertiary/aromatic N) is 3. The van der Waals surface area contributed by atoms with Gasteiger partial charge in [-0.1, -0.05) is 42.0 Å². The Labute approximate surface area is 284 Å². The summed E-state index contributed by atoms with van der Waals surface area (Å²) in [6.45, 7) is 9.66. The van der Waals surface area contributed by atoms with Gasteiger partial charge >= 0.3 is 12.1 Å².